The third-order valence-electron chi connectivity index (χ3n) is 3.52. The summed E-state index contributed by atoms with van der Waals surface area (Å²) >= 11 is 5.83. The lowest BCUT2D eigenvalue weighted by molar-refractivity contribution is 0.230. The van der Waals surface area contributed by atoms with Crippen LogP contribution in [0.25, 0.3) is 0 Å². The van der Waals surface area contributed by atoms with Gasteiger partial charge in [-0.3, -0.25) is 0 Å². The van der Waals surface area contributed by atoms with Gasteiger partial charge in [-0.15, -0.1) is 0 Å². The van der Waals surface area contributed by atoms with E-state index in [1.165, 1.54) is 0 Å². The normalized spacial score (nSPS) is 12.9. The molecule has 0 saturated heterocycles. The number of nitrogens with one attached hydrogen (secondary N) is 1. The molecule has 0 amide bonds. The maximum Gasteiger partial charge on any atom is 0.145 e. The summed E-state index contributed by atoms with van der Waals surface area (Å²) in [5.74, 6) is -0.272. The van der Waals surface area contributed by atoms with E-state index >= 15 is 0 Å². The second-order valence-electron chi connectivity index (χ2n) is 4.92. The monoisotopic (exact) mass is 286 g/mol. The van der Waals surface area contributed by atoms with E-state index in [9.17, 15) is 4.39 Å². The lowest BCUT2D eigenvalue weighted by atomic mass is 10.0. The Morgan fingerprint density at radius 3 is 2.79 bits per heavy atom. The summed E-state index contributed by atoms with van der Waals surface area (Å²) in [5.41, 5.74) is 0.708. The highest BCUT2D eigenvalue weighted by atomic mass is 35.5. The molecule has 0 saturated carbocycles. The lowest BCUT2D eigenvalue weighted by Crippen LogP contribution is -2.35. The fourth-order valence-electron chi connectivity index (χ4n) is 2.26. The van der Waals surface area contributed by atoms with Gasteiger partial charge in [-0.25, -0.2) is 4.39 Å². The van der Waals surface area contributed by atoms with Gasteiger partial charge in [0.1, 0.15) is 5.82 Å². The quantitative estimate of drug-likeness (QED) is 0.738. The van der Waals surface area contributed by atoms with Crippen LogP contribution in [0, 0.1) is 5.82 Å². The summed E-state index contributed by atoms with van der Waals surface area (Å²) in [7, 11) is 4.06. The van der Waals surface area contributed by atoms with Crippen LogP contribution in [0.2, 0.25) is 5.02 Å². The second-order valence-corrected chi connectivity index (χ2v) is 5.32. The van der Waals surface area contributed by atoms with E-state index in [0.717, 1.165) is 25.9 Å². The zero-order valence-electron chi connectivity index (χ0n) is 12.0. The predicted octanol–water partition coefficient (Wildman–Crippen LogP) is 3.34. The van der Waals surface area contributed by atoms with Gasteiger partial charge < -0.3 is 10.2 Å². The smallest absolute Gasteiger partial charge is 0.145 e. The van der Waals surface area contributed by atoms with Gasteiger partial charge in [0, 0.05) is 6.04 Å². The third kappa shape index (κ3) is 5.09. The molecule has 1 rings (SSSR count). The average Bonchev–Trinajstić information content (AvgIpc) is 2.40. The Balaban J connectivity index is 2.63. The van der Waals surface area contributed by atoms with Gasteiger partial charge in [0.25, 0.3) is 0 Å². The van der Waals surface area contributed by atoms with Crippen LogP contribution in [0.5, 0.6) is 0 Å². The molecule has 1 unspecified atom stereocenters. The van der Waals surface area contributed by atoms with E-state index in [1.807, 2.05) is 19.2 Å². The number of benzene rings is 1. The van der Waals surface area contributed by atoms with Crippen LogP contribution in [-0.4, -0.2) is 38.1 Å². The molecule has 0 aliphatic carbocycles. The van der Waals surface area contributed by atoms with Crippen molar-refractivity contribution in [1.82, 2.24) is 10.2 Å². The number of rotatable bonds is 8. The largest absolute Gasteiger partial charge is 0.320 e. The standard InChI is InChI=1S/C15H24ClFN2/c1-4-13(19(3)10-6-9-18-2)11-12-7-5-8-14(16)15(12)17/h5,7-8,13,18H,4,6,9-11H2,1-3H3. The minimum atomic E-state index is -0.272. The van der Waals surface area contributed by atoms with E-state index in [4.69, 9.17) is 11.6 Å². The SMILES string of the molecule is CCC(Cc1cccc(Cl)c1F)N(C)CCCNC. The first-order valence-corrected chi connectivity index (χ1v) is 7.25. The molecular weight excluding hydrogens is 263 g/mol. The fourth-order valence-corrected chi connectivity index (χ4v) is 2.45. The van der Waals surface area contributed by atoms with Crippen LogP contribution in [0.1, 0.15) is 25.3 Å². The first-order valence-electron chi connectivity index (χ1n) is 6.87. The van der Waals surface area contributed by atoms with Gasteiger partial charge in [0.05, 0.1) is 5.02 Å². The molecule has 1 aromatic rings. The molecule has 0 fully saturated rings. The first-order chi connectivity index (χ1) is 9.10. The van der Waals surface area contributed by atoms with E-state index in [-0.39, 0.29) is 10.8 Å². The number of halogens is 2. The molecule has 1 atom stereocenters. The molecule has 0 radical (unpaired) electrons. The molecule has 0 aromatic heterocycles. The average molecular weight is 287 g/mol. The zero-order valence-corrected chi connectivity index (χ0v) is 12.8. The summed E-state index contributed by atoms with van der Waals surface area (Å²) in [6, 6.07) is 5.59. The van der Waals surface area contributed by atoms with Crippen LogP contribution in [0.4, 0.5) is 4.39 Å². The zero-order chi connectivity index (χ0) is 14.3. The first kappa shape index (κ1) is 16.4. The molecule has 0 aliphatic rings. The van der Waals surface area contributed by atoms with E-state index < -0.39 is 0 Å². The summed E-state index contributed by atoms with van der Waals surface area (Å²) in [6.07, 6.45) is 2.81. The Labute approximate surface area is 120 Å². The molecule has 0 spiro atoms. The van der Waals surface area contributed by atoms with Gasteiger partial charge in [-0.2, -0.15) is 0 Å². The van der Waals surface area contributed by atoms with Crippen molar-refractivity contribution in [2.24, 2.45) is 0 Å². The van der Waals surface area contributed by atoms with Crippen molar-refractivity contribution < 1.29 is 4.39 Å². The highest BCUT2D eigenvalue weighted by Crippen LogP contribution is 2.21. The van der Waals surface area contributed by atoms with Crippen LogP contribution in [0.15, 0.2) is 18.2 Å². The van der Waals surface area contributed by atoms with E-state index in [1.54, 1.807) is 6.07 Å². The summed E-state index contributed by atoms with van der Waals surface area (Å²) in [5, 5.41) is 3.36. The minimum Gasteiger partial charge on any atom is -0.320 e. The van der Waals surface area contributed by atoms with Gasteiger partial charge in [-0.1, -0.05) is 30.7 Å². The van der Waals surface area contributed by atoms with Crippen molar-refractivity contribution in [3.63, 3.8) is 0 Å². The molecule has 108 valence electrons. The summed E-state index contributed by atoms with van der Waals surface area (Å²) in [6.45, 7) is 4.16. The van der Waals surface area contributed by atoms with Crippen molar-refractivity contribution >= 4 is 11.6 Å². The van der Waals surface area contributed by atoms with Gasteiger partial charge in [0.15, 0.2) is 0 Å². The Hall–Kier alpha value is -0.640. The van der Waals surface area contributed by atoms with Crippen LogP contribution in [0.3, 0.4) is 0 Å². The number of nitrogens with zero attached hydrogens (tertiary/aromatic N) is 1. The molecule has 2 nitrogen and oxygen atoms in total. The highest BCUT2D eigenvalue weighted by Gasteiger charge is 2.16. The number of hydrogen-bond donors (Lipinski definition) is 1. The molecule has 19 heavy (non-hydrogen) atoms. The van der Waals surface area contributed by atoms with Crippen LogP contribution < -0.4 is 5.32 Å². The molecule has 0 heterocycles. The third-order valence-corrected chi connectivity index (χ3v) is 3.81. The highest BCUT2D eigenvalue weighted by molar-refractivity contribution is 6.30. The molecule has 4 heteroatoms. The van der Waals surface area contributed by atoms with E-state index in [2.05, 4.69) is 24.2 Å². The van der Waals surface area contributed by atoms with Crippen LogP contribution >= 0.6 is 11.6 Å². The van der Waals surface area contributed by atoms with Crippen molar-refractivity contribution in [2.45, 2.75) is 32.2 Å². The van der Waals surface area contributed by atoms with Gasteiger partial charge >= 0.3 is 0 Å². The molecule has 0 bridgehead atoms. The molecular formula is C15H24ClFN2. The van der Waals surface area contributed by atoms with E-state index in [0.29, 0.717) is 18.0 Å². The topological polar surface area (TPSA) is 15.3 Å². The maximum atomic E-state index is 13.9. The Morgan fingerprint density at radius 1 is 1.42 bits per heavy atom. The summed E-state index contributed by atoms with van der Waals surface area (Å²) < 4.78 is 13.9. The molecule has 1 N–H and O–H groups in total. The maximum absolute atomic E-state index is 13.9. The number of likely N-dealkylation sites (N-methyl/N-ethyl adjacent to an activating group) is 1. The van der Waals surface area contributed by atoms with Gasteiger partial charge in [-0.05, 0) is 58.1 Å². The van der Waals surface area contributed by atoms with Crippen molar-refractivity contribution in [1.29, 1.82) is 0 Å². The van der Waals surface area contributed by atoms with Gasteiger partial charge in [0.2, 0.25) is 0 Å². The summed E-state index contributed by atoms with van der Waals surface area (Å²) in [4.78, 5) is 2.30. The lowest BCUT2D eigenvalue weighted by Gasteiger charge is -2.27. The second kappa shape index (κ2) is 8.51. The van der Waals surface area contributed by atoms with Crippen molar-refractivity contribution in [2.75, 3.05) is 27.2 Å². The number of hydrogen-bond acceptors (Lipinski definition) is 2. The predicted molar refractivity (Wildman–Crippen MR) is 80.4 cm³/mol. The molecule has 0 aliphatic heterocycles. The fraction of sp³-hybridized carbons (Fsp3) is 0.600. The minimum absolute atomic E-state index is 0.213. The molecule has 1 aromatic carbocycles. The van der Waals surface area contributed by atoms with Crippen molar-refractivity contribution in [3.8, 4) is 0 Å². The Bertz CT molecular complexity index is 384. The van der Waals surface area contributed by atoms with Crippen molar-refractivity contribution in [3.05, 3.63) is 34.6 Å². The van der Waals surface area contributed by atoms with Crippen LogP contribution in [-0.2, 0) is 6.42 Å². The Kier molecular flexibility index (Phi) is 7.36. The Morgan fingerprint density at radius 2 is 2.16 bits per heavy atom.